The standard InChI is InChI=1S/C16H26F2N2/c1-12(2)20(4)11-6-5-10-19-13(3)16-14(17)8-7-9-15(16)18/h7-9,12-13,19H,5-6,10-11H2,1-4H3. The van der Waals surface area contributed by atoms with Gasteiger partial charge < -0.3 is 10.2 Å². The maximum atomic E-state index is 13.6. The van der Waals surface area contributed by atoms with Gasteiger partial charge in [-0.3, -0.25) is 0 Å². The maximum absolute atomic E-state index is 13.6. The molecule has 0 fully saturated rings. The molecule has 2 nitrogen and oxygen atoms in total. The Morgan fingerprint density at radius 3 is 2.25 bits per heavy atom. The summed E-state index contributed by atoms with van der Waals surface area (Å²) in [7, 11) is 2.11. The Morgan fingerprint density at radius 2 is 1.70 bits per heavy atom. The zero-order chi connectivity index (χ0) is 15.1. The van der Waals surface area contributed by atoms with E-state index < -0.39 is 11.6 Å². The fourth-order valence-electron chi connectivity index (χ4n) is 2.09. The summed E-state index contributed by atoms with van der Waals surface area (Å²) < 4.78 is 27.2. The van der Waals surface area contributed by atoms with Crippen molar-refractivity contribution in [1.29, 1.82) is 0 Å². The molecule has 1 N–H and O–H groups in total. The molecule has 0 aromatic heterocycles. The summed E-state index contributed by atoms with van der Waals surface area (Å²) in [5.41, 5.74) is 0.131. The van der Waals surface area contributed by atoms with E-state index in [1.807, 2.05) is 0 Å². The number of halogens is 2. The second-order valence-corrected chi connectivity index (χ2v) is 5.59. The molecule has 4 heteroatoms. The van der Waals surface area contributed by atoms with Crippen LogP contribution in [0, 0.1) is 11.6 Å². The third kappa shape index (κ3) is 5.17. The van der Waals surface area contributed by atoms with Gasteiger partial charge in [-0.25, -0.2) is 8.78 Å². The van der Waals surface area contributed by atoms with Gasteiger partial charge in [0.25, 0.3) is 0 Å². The highest BCUT2D eigenvalue weighted by molar-refractivity contribution is 5.22. The minimum absolute atomic E-state index is 0.131. The quantitative estimate of drug-likeness (QED) is 0.732. The van der Waals surface area contributed by atoms with E-state index in [0.29, 0.717) is 6.04 Å². The lowest BCUT2D eigenvalue weighted by Gasteiger charge is -2.21. The summed E-state index contributed by atoms with van der Waals surface area (Å²) in [6.07, 6.45) is 2.08. The van der Waals surface area contributed by atoms with Crippen LogP contribution in [0.1, 0.15) is 45.2 Å². The molecule has 0 radical (unpaired) electrons. The number of rotatable bonds is 8. The van der Waals surface area contributed by atoms with Crippen LogP contribution < -0.4 is 5.32 Å². The van der Waals surface area contributed by atoms with Crippen LogP contribution in [0.15, 0.2) is 18.2 Å². The summed E-state index contributed by atoms with van der Waals surface area (Å²) in [4.78, 5) is 2.29. The van der Waals surface area contributed by atoms with E-state index in [1.54, 1.807) is 6.92 Å². The van der Waals surface area contributed by atoms with Crippen molar-refractivity contribution in [3.63, 3.8) is 0 Å². The smallest absolute Gasteiger partial charge is 0.130 e. The monoisotopic (exact) mass is 284 g/mol. The molecule has 1 unspecified atom stereocenters. The van der Waals surface area contributed by atoms with Gasteiger partial charge in [-0.05, 0) is 65.9 Å². The molecule has 1 atom stereocenters. The SMILES string of the molecule is CC(NCCCCN(C)C(C)C)c1c(F)cccc1F. The fraction of sp³-hybridized carbons (Fsp3) is 0.625. The molecule has 0 saturated carbocycles. The van der Waals surface area contributed by atoms with E-state index >= 15 is 0 Å². The van der Waals surface area contributed by atoms with Crippen LogP contribution in [-0.2, 0) is 0 Å². The molecular weight excluding hydrogens is 258 g/mol. The summed E-state index contributed by atoms with van der Waals surface area (Å²) >= 11 is 0. The second-order valence-electron chi connectivity index (χ2n) is 5.59. The highest BCUT2D eigenvalue weighted by Gasteiger charge is 2.14. The van der Waals surface area contributed by atoms with Crippen LogP contribution in [0.4, 0.5) is 8.78 Å². The average Bonchev–Trinajstić information content (AvgIpc) is 2.37. The average molecular weight is 284 g/mol. The molecule has 114 valence electrons. The van der Waals surface area contributed by atoms with Crippen molar-refractivity contribution in [2.75, 3.05) is 20.1 Å². The highest BCUT2D eigenvalue weighted by Crippen LogP contribution is 2.20. The van der Waals surface area contributed by atoms with Gasteiger partial charge in [0.15, 0.2) is 0 Å². The first-order valence-electron chi connectivity index (χ1n) is 7.31. The lowest BCUT2D eigenvalue weighted by Crippen LogP contribution is -2.28. The lowest BCUT2D eigenvalue weighted by molar-refractivity contribution is 0.267. The molecule has 1 rings (SSSR count). The largest absolute Gasteiger partial charge is 0.310 e. The molecule has 1 aromatic rings. The van der Waals surface area contributed by atoms with Crippen molar-refractivity contribution in [3.8, 4) is 0 Å². The Balaban J connectivity index is 2.32. The fourth-order valence-corrected chi connectivity index (χ4v) is 2.09. The molecule has 0 heterocycles. The first-order valence-corrected chi connectivity index (χ1v) is 7.31. The van der Waals surface area contributed by atoms with Crippen LogP contribution in [0.3, 0.4) is 0 Å². The Morgan fingerprint density at radius 1 is 1.10 bits per heavy atom. The molecule has 0 saturated heterocycles. The summed E-state index contributed by atoms with van der Waals surface area (Å²) in [6.45, 7) is 7.94. The molecule has 20 heavy (non-hydrogen) atoms. The topological polar surface area (TPSA) is 15.3 Å². The zero-order valence-electron chi connectivity index (χ0n) is 12.9. The molecular formula is C16H26F2N2. The normalized spacial score (nSPS) is 13.2. The van der Waals surface area contributed by atoms with Gasteiger partial charge in [0.05, 0.1) is 0 Å². The number of hydrogen-bond donors (Lipinski definition) is 1. The van der Waals surface area contributed by atoms with Gasteiger partial charge in [0.2, 0.25) is 0 Å². The van der Waals surface area contributed by atoms with Gasteiger partial charge in [0, 0.05) is 17.6 Å². The molecule has 0 spiro atoms. The van der Waals surface area contributed by atoms with Crippen LogP contribution in [-0.4, -0.2) is 31.1 Å². The van der Waals surface area contributed by atoms with Crippen molar-refractivity contribution in [2.24, 2.45) is 0 Å². The summed E-state index contributed by atoms with van der Waals surface area (Å²) in [6, 6.07) is 4.23. The maximum Gasteiger partial charge on any atom is 0.130 e. The summed E-state index contributed by atoms with van der Waals surface area (Å²) in [5, 5.41) is 3.19. The number of nitrogens with zero attached hydrogens (tertiary/aromatic N) is 1. The molecule has 1 aromatic carbocycles. The van der Waals surface area contributed by atoms with E-state index in [1.165, 1.54) is 18.2 Å². The van der Waals surface area contributed by atoms with Crippen LogP contribution in [0.2, 0.25) is 0 Å². The van der Waals surface area contributed by atoms with Gasteiger partial charge in [-0.1, -0.05) is 6.07 Å². The minimum atomic E-state index is -0.482. The van der Waals surface area contributed by atoms with Crippen LogP contribution in [0.5, 0.6) is 0 Å². The Bertz CT molecular complexity index is 387. The van der Waals surface area contributed by atoms with Gasteiger partial charge in [-0.2, -0.15) is 0 Å². The Hall–Kier alpha value is -1.00. The van der Waals surface area contributed by atoms with Crippen molar-refractivity contribution < 1.29 is 8.78 Å². The van der Waals surface area contributed by atoms with Crippen LogP contribution >= 0.6 is 0 Å². The van der Waals surface area contributed by atoms with E-state index in [9.17, 15) is 8.78 Å². The van der Waals surface area contributed by atoms with Crippen molar-refractivity contribution in [2.45, 2.75) is 45.7 Å². The number of nitrogens with one attached hydrogen (secondary N) is 1. The molecule has 0 amide bonds. The van der Waals surface area contributed by atoms with Gasteiger partial charge >= 0.3 is 0 Å². The first-order chi connectivity index (χ1) is 9.43. The molecule has 0 aliphatic carbocycles. The number of benzene rings is 1. The van der Waals surface area contributed by atoms with E-state index in [4.69, 9.17) is 0 Å². The second kappa shape index (κ2) is 8.32. The third-order valence-corrected chi connectivity index (χ3v) is 3.70. The summed E-state index contributed by atoms with van der Waals surface area (Å²) in [5.74, 6) is -0.964. The van der Waals surface area contributed by atoms with E-state index in [-0.39, 0.29) is 11.6 Å². The molecule has 0 aliphatic heterocycles. The predicted octanol–water partition coefficient (Wildman–Crippen LogP) is 3.74. The molecule has 0 aliphatic rings. The number of unbranched alkanes of at least 4 members (excludes halogenated alkanes) is 1. The minimum Gasteiger partial charge on any atom is -0.310 e. The highest BCUT2D eigenvalue weighted by atomic mass is 19.1. The van der Waals surface area contributed by atoms with Gasteiger partial charge in [-0.15, -0.1) is 0 Å². The van der Waals surface area contributed by atoms with E-state index in [0.717, 1.165) is 25.9 Å². The lowest BCUT2D eigenvalue weighted by atomic mass is 10.1. The van der Waals surface area contributed by atoms with Gasteiger partial charge in [0.1, 0.15) is 11.6 Å². The van der Waals surface area contributed by atoms with Crippen molar-refractivity contribution in [3.05, 3.63) is 35.4 Å². The number of hydrogen-bond acceptors (Lipinski definition) is 2. The van der Waals surface area contributed by atoms with Crippen molar-refractivity contribution in [1.82, 2.24) is 10.2 Å². The third-order valence-electron chi connectivity index (χ3n) is 3.70. The zero-order valence-corrected chi connectivity index (χ0v) is 12.9. The van der Waals surface area contributed by atoms with E-state index in [2.05, 4.69) is 31.1 Å². The Labute approximate surface area is 121 Å². The Kier molecular flexibility index (Phi) is 7.10. The molecule has 0 bridgehead atoms. The van der Waals surface area contributed by atoms with Crippen LogP contribution in [0.25, 0.3) is 0 Å². The van der Waals surface area contributed by atoms with Crippen molar-refractivity contribution >= 4 is 0 Å². The first kappa shape index (κ1) is 17.1. The predicted molar refractivity (Wildman–Crippen MR) is 79.8 cm³/mol.